The van der Waals surface area contributed by atoms with Gasteiger partial charge in [-0.15, -0.1) is 0 Å². The van der Waals surface area contributed by atoms with E-state index in [0.29, 0.717) is 12.1 Å². The van der Waals surface area contributed by atoms with E-state index in [4.69, 9.17) is 0 Å². The van der Waals surface area contributed by atoms with Crippen LogP contribution in [0.4, 0.5) is 0 Å². The summed E-state index contributed by atoms with van der Waals surface area (Å²) >= 11 is 3.36. The van der Waals surface area contributed by atoms with Crippen LogP contribution in [0.25, 0.3) is 0 Å². The number of carbonyl (C=O) groups is 1. The summed E-state index contributed by atoms with van der Waals surface area (Å²) in [5.41, 5.74) is 0.788. The number of alkyl halides is 1. The Balaban J connectivity index is 2.55. The van der Waals surface area contributed by atoms with Crippen LogP contribution in [0, 0.1) is 0 Å². The van der Waals surface area contributed by atoms with Crippen LogP contribution in [0.5, 0.6) is 0 Å². The summed E-state index contributed by atoms with van der Waals surface area (Å²) in [6.07, 6.45) is 0. The first-order valence-corrected chi connectivity index (χ1v) is 7.26. The molecule has 1 aromatic carbocycles. The number of aliphatic hydroxyl groups is 1. The molecule has 0 saturated heterocycles. The zero-order valence-electron chi connectivity index (χ0n) is 11.6. The Morgan fingerprint density at radius 2 is 1.95 bits per heavy atom. The molecule has 1 unspecified atom stereocenters. The highest BCUT2D eigenvalue weighted by atomic mass is 79.9. The number of likely N-dealkylation sites (N-methyl/N-ethyl adjacent to an activating group) is 1. The van der Waals surface area contributed by atoms with Gasteiger partial charge in [-0.2, -0.15) is 0 Å². The maximum Gasteiger partial charge on any atom is 0.251 e. The van der Waals surface area contributed by atoms with Crippen LogP contribution in [0.15, 0.2) is 24.3 Å². The van der Waals surface area contributed by atoms with Gasteiger partial charge in [-0.1, -0.05) is 28.1 Å². The second-order valence-corrected chi connectivity index (χ2v) is 5.81. The van der Waals surface area contributed by atoms with Crippen molar-refractivity contribution in [2.75, 3.05) is 27.2 Å². The molecule has 4 nitrogen and oxygen atoms in total. The molecule has 0 aliphatic rings. The second kappa shape index (κ2) is 7.03. The lowest BCUT2D eigenvalue weighted by Crippen LogP contribution is -2.47. The lowest BCUT2D eigenvalue weighted by Gasteiger charge is -2.27. The van der Waals surface area contributed by atoms with E-state index in [2.05, 4.69) is 21.2 Å². The fourth-order valence-electron chi connectivity index (χ4n) is 1.86. The van der Waals surface area contributed by atoms with E-state index >= 15 is 0 Å². The van der Waals surface area contributed by atoms with Gasteiger partial charge in [0.05, 0.1) is 5.60 Å². The summed E-state index contributed by atoms with van der Waals surface area (Å²) in [5.74, 6) is -0.167. The van der Waals surface area contributed by atoms with Crippen molar-refractivity contribution in [2.45, 2.75) is 17.9 Å². The van der Waals surface area contributed by atoms with Crippen molar-refractivity contribution >= 4 is 21.8 Å². The topological polar surface area (TPSA) is 52.6 Å². The van der Waals surface area contributed by atoms with Crippen LogP contribution in [0.1, 0.15) is 22.8 Å². The summed E-state index contributed by atoms with van der Waals surface area (Å²) in [6, 6.07) is 7.38. The Hall–Kier alpha value is -0.910. The lowest BCUT2D eigenvalue weighted by atomic mass is 10.1. The van der Waals surface area contributed by atoms with Gasteiger partial charge in [0, 0.05) is 24.0 Å². The minimum absolute atomic E-state index is 0.167. The second-order valence-electron chi connectivity index (χ2n) is 5.25. The average Bonchev–Trinajstić information content (AvgIpc) is 2.34. The molecule has 0 saturated carbocycles. The molecule has 2 N–H and O–H groups in total. The van der Waals surface area contributed by atoms with Gasteiger partial charge >= 0.3 is 0 Å². The Morgan fingerprint density at radius 3 is 2.42 bits per heavy atom. The minimum atomic E-state index is -0.936. The van der Waals surface area contributed by atoms with Crippen LogP contribution in [0.3, 0.4) is 0 Å². The first-order chi connectivity index (χ1) is 8.84. The SMILES string of the molecule is CN(C)CC(C)(O)CNC(=O)c1ccc(CBr)cc1. The Morgan fingerprint density at radius 1 is 1.37 bits per heavy atom. The molecular formula is C14H21BrN2O2. The molecule has 1 amide bonds. The Kier molecular flexibility index (Phi) is 5.97. The first kappa shape index (κ1) is 16.1. The van der Waals surface area contributed by atoms with E-state index < -0.39 is 5.60 Å². The average molecular weight is 329 g/mol. The van der Waals surface area contributed by atoms with E-state index in [1.165, 1.54) is 0 Å². The van der Waals surface area contributed by atoms with E-state index in [1.807, 2.05) is 31.1 Å². The maximum absolute atomic E-state index is 11.9. The van der Waals surface area contributed by atoms with E-state index in [0.717, 1.165) is 10.9 Å². The highest BCUT2D eigenvalue weighted by Gasteiger charge is 2.22. The predicted molar refractivity (Wildman–Crippen MR) is 80.6 cm³/mol. The maximum atomic E-state index is 11.9. The summed E-state index contributed by atoms with van der Waals surface area (Å²) in [7, 11) is 3.77. The molecule has 0 aromatic heterocycles. The first-order valence-electron chi connectivity index (χ1n) is 6.14. The zero-order valence-corrected chi connectivity index (χ0v) is 13.2. The van der Waals surface area contributed by atoms with Crippen LogP contribution in [-0.4, -0.2) is 48.7 Å². The molecule has 1 rings (SSSR count). The monoisotopic (exact) mass is 328 g/mol. The number of nitrogens with one attached hydrogen (secondary N) is 1. The van der Waals surface area contributed by atoms with Crippen molar-refractivity contribution in [2.24, 2.45) is 0 Å². The van der Waals surface area contributed by atoms with Gasteiger partial charge in [0.1, 0.15) is 0 Å². The summed E-state index contributed by atoms with van der Waals surface area (Å²) in [6.45, 7) is 2.43. The number of carbonyl (C=O) groups excluding carboxylic acids is 1. The Labute approximate surface area is 122 Å². The quantitative estimate of drug-likeness (QED) is 0.780. The fraction of sp³-hybridized carbons (Fsp3) is 0.500. The molecule has 106 valence electrons. The minimum Gasteiger partial charge on any atom is -0.387 e. The molecule has 0 heterocycles. The van der Waals surface area contributed by atoms with Crippen LogP contribution in [0.2, 0.25) is 0 Å². The summed E-state index contributed by atoms with van der Waals surface area (Å²) in [4.78, 5) is 13.8. The van der Waals surface area contributed by atoms with E-state index in [9.17, 15) is 9.90 Å². The predicted octanol–water partition coefficient (Wildman–Crippen LogP) is 1.62. The van der Waals surface area contributed by atoms with Gasteiger partial charge in [-0.05, 0) is 38.7 Å². The lowest BCUT2D eigenvalue weighted by molar-refractivity contribution is 0.0326. The molecule has 1 aromatic rings. The van der Waals surface area contributed by atoms with Crippen LogP contribution >= 0.6 is 15.9 Å². The normalized spacial score (nSPS) is 14.2. The van der Waals surface area contributed by atoms with Crippen molar-refractivity contribution in [3.63, 3.8) is 0 Å². The number of nitrogens with zero attached hydrogens (tertiary/aromatic N) is 1. The van der Waals surface area contributed by atoms with Gasteiger partial charge < -0.3 is 15.3 Å². The summed E-state index contributed by atoms with van der Waals surface area (Å²) in [5, 5.41) is 13.6. The van der Waals surface area contributed by atoms with Gasteiger partial charge in [0.25, 0.3) is 5.91 Å². The third-order valence-electron chi connectivity index (χ3n) is 2.66. The van der Waals surface area contributed by atoms with E-state index in [1.54, 1.807) is 19.1 Å². The highest BCUT2D eigenvalue weighted by Crippen LogP contribution is 2.08. The van der Waals surface area contributed by atoms with Gasteiger partial charge in [0.2, 0.25) is 0 Å². The molecule has 5 heteroatoms. The molecular weight excluding hydrogens is 308 g/mol. The molecule has 0 bridgehead atoms. The number of benzene rings is 1. The van der Waals surface area contributed by atoms with Crippen molar-refractivity contribution in [3.05, 3.63) is 35.4 Å². The highest BCUT2D eigenvalue weighted by molar-refractivity contribution is 9.08. The Bertz CT molecular complexity index is 416. The fourth-order valence-corrected chi connectivity index (χ4v) is 2.23. The van der Waals surface area contributed by atoms with Gasteiger partial charge in [-0.3, -0.25) is 4.79 Å². The molecule has 0 aliphatic heterocycles. The third kappa shape index (κ3) is 5.72. The number of hydrogen-bond donors (Lipinski definition) is 2. The molecule has 0 aliphatic carbocycles. The van der Waals surface area contributed by atoms with E-state index in [-0.39, 0.29) is 12.5 Å². The van der Waals surface area contributed by atoms with Gasteiger partial charge in [0.15, 0.2) is 0 Å². The summed E-state index contributed by atoms with van der Waals surface area (Å²) < 4.78 is 0. The van der Waals surface area contributed by atoms with Crippen molar-refractivity contribution in [1.29, 1.82) is 0 Å². The van der Waals surface area contributed by atoms with Crippen molar-refractivity contribution in [1.82, 2.24) is 10.2 Å². The van der Waals surface area contributed by atoms with Gasteiger partial charge in [-0.25, -0.2) is 0 Å². The molecule has 0 fully saturated rings. The van der Waals surface area contributed by atoms with Crippen LogP contribution < -0.4 is 5.32 Å². The smallest absolute Gasteiger partial charge is 0.251 e. The number of halogens is 1. The standard InChI is InChI=1S/C14H21BrN2O2/c1-14(19,10-17(2)3)9-16-13(18)12-6-4-11(8-15)5-7-12/h4-7,19H,8-10H2,1-3H3,(H,16,18). The van der Waals surface area contributed by atoms with Crippen molar-refractivity contribution in [3.8, 4) is 0 Å². The third-order valence-corrected chi connectivity index (χ3v) is 3.30. The molecule has 1 atom stereocenters. The van der Waals surface area contributed by atoms with Crippen LogP contribution in [-0.2, 0) is 5.33 Å². The number of hydrogen-bond acceptors (Lipinski definition) is 3. The largest absolute Gasteiger partial charge is 0.387 e. The van der Waals surface area contributed by atoms with Crippen molar-refractivity contribution < 1.29 is 9.90 Å². The zero-order chi connectivity index (χ0) is 14.5. The number of amides is 1. The molecule has 19 heavy (non-hydrogen) atoms. The molecule has 0 spiro atoms. The number of rotatable bonds is 6. The molecule has 0 radical (unpaired) electrons.